The number of anilines is 1. The number of nitriles is 1. The lowest BCUT2D eigenvalue weighted by atomic mass is 10.2. The lowest BCUT2D eigenvalue weighted by Gasteiger charge is -2.07. The number of aromatic nitrogens is 2. The summed E-state index contributed by atoms with van der Waals surface area (Å²) in [4.78, 5) is 4.32. The molecule has 0 bridgehead atoms. The average Bonchev–Trinajstić information content (AvgIpc) is 2.77. The van der Waals surface area contributed by atoms with Crippen molar-refractivity contribution >= 4 is 32.9 Å². The molecule has 0 aliphatic carbocycles. The Morgan fingerprint density at radius 3 is 2.65 bits per heavy atom. The molecular formula is C15H11BrN4. The standard InChI is InChI=1S/C15H11BrN4/c16-12-4-1-10(2-5-12)9-20-14-7-11(8-17)3-6-13(14)19-15(20)18/h1-7H,9H2,(H2,18,19). The van der Waals surface area contributed by atoms with Crippen molar-refractivity contribution in [1.29, 1.82) is 5.26 Å². The first-order valence-corrected chi connectivity index (χ1v) is 6.87. The van der Waals surface area contributed by atoms with E-state index in [2.05, 4.69) is 27.0 Å². The molecule has 1 aromatic heterocycles. The summed E-state index contributed by atoms with van der Waals surface area (Å²) in [7, 11) is 0. The Hall–Kier alpha value is -2.32. The van der Waals surface area contributed by atoms with Crippen molar-refractivity contribution in [3.8, 4) is 6.07 Å². The van der Waals surface area contributed by atoms with Crippen molar-refractivity contribution in [1.82, 2.24) is 9.55 Å². The molecule has 0 fully saturated rings. The predicted molar refractivity (Wildman–Crippen MR) is 82.1 cm³/mol. The molecule has 0 amide bonds. The molecular weight excluding hydrogens is 316 g/mol. The maximum absolute atomic E-state index is 9.00. The third-order valence-electron chi connectivity index (χ3n) is 3.16. The molecule has 2 N–H and O–H groups in total. The number of halogens is 1. The molecule has 1 heterocycles. The van der Waals surface area contributed by atoms with Gasteiger partial charge in [0.15, 0.2) is 0 Å². The summed E-state index contributed by atoms with van der Waals surface area (Å²) < 4.78 is 2.95. The summed E-state index contributed by atoms with van der Waals surface area (Å²) in [5, 5.41) is 9.00. The van der Waals surface area contributed by atoms with Gasteiger partial charge >= 0.3 is 0 Å². The van der Waals surface area contributed by atoms with Crippen molar-refractivity contribution in [2.24, 2.45) is 0 Å². The van der Waals surface area contributed by atoms with E-state index in [4.69, 9.17) is 11.0 Å². The number of nitrogen functional groups attached to an aromatic ring is 1. The molecule has 0 aliphatic heterocycles. The van der Waals surface area contributed by atoms with Crippen molar-refractivity contribution in [3.05, 3.63) is 58.1 Å². The van der Waals surface area contributed by atoms with E-state index in [-0.39, 0.29) is 0 Å². The number of benzene rings is 2. The van der Waals surface area contributed by atoms with Gasteiger partial charge in [-0.25, -0.2) is 4.98 Å². The number of rotatable bonds is 2. The van der Waals surface area contributed by atoms with Crippen LogP contribution in [-0.4, -0.2) is 9.55 Å². The maximum Gasteiger partial charge on any atom is 0.201 e. The van der Waals surface area contributed by atoms with Gasteiger partial charge < -0.3 is 10.3 Å². The second-order valence-electron chi connectivity index (χ2n) is 4.50. The van der Waals surface area contributed by atoms with Crippen LogP contribution in [0.2, 0.25) is 0 Å². The molecule has 0 unspecified atom stereocenters. The molecule has 20 heavy (non-hydrogen) atoms. The summed E-state index contributed by atoms with van der Waals surface area (Å²) in [5.74, 6) is 0.456. The average molecular weight is 327 g/mol. The smallest absolute Gasteiger partial charge is 0.201 e. The number of hydrogen-bond donors (Lipinski definition) is 1. The van der Waals surface area contributed by atoms with Gasteiger partial charge in [0.1, 0.15) is 0 Å². The van der Waals surface area contributed by atoms with Crippen LogP contribution in [0.4, 0.5) is 5.95 Å². The highest BCUT2D eigenvalue weighted by molar-refractivity contribution is 9.10. The highest BCUT2D eigenvalue weighted by atomic mass is 79.9. The molecule has 0 atom stereocenters. The quantitative estimate of drug-likeness (QED) is 0.785. The predicted octanol–water partition coefficient (Wildman–Crippen LogP) is 3.30. The fraction of sp³-hybridized carbons (Fsp3) is 0.0667. The fourth-order valence-corrected chi connectivity index (χ4v) is 2.41. The summed E-state index contributed by atoms with van der Waals surface area (Å²) in [6.07, 6.45) is 0. The van der Waals surface area contributed by atoms with E-state index >= 15 is 0 Å². The van der Waals surface area contributed by atoms with Crippen LogP contribution in [0.1, 0.15) is 11.1 Å². The Kier molecular flexibility index (Phi) is 3.17. The SMILES string of the molecule is N#Cc1ccc2nc(N)n(Cc3ccc(Br)cc3)c2c1. The van der Waals surface area contributed by atoms with Crippen LogP contribution in [0.5, 0.6) is 0 Å². The van der Waals surface area contributed by atoms with Crippen molar-refractivity contribution in [2.75, 3.05) is 5.73 Å². The third-order valence-corrected chi connectivity index (χ3v) is 3.69. The van der Waals surface area contributed by atoms with Gasteiger partial charge in [-0.2, -0.15) is 5.26 Å². The monoisotopic (exact) mass is 326 g/mol. The summed E-state index contributed by atoms with van der Waals surface area (Å²) in [6.45, 7) is 0.629. The van der Waals surface area contributed by atoms with Crippen LogP contribution >= 0.6 is 15.9 Å². The Bertz CT molecular complexity index is 812. The maximum atomic E-state index is 9.00. The lowest BCUT2D eigenvalue weighted by Crippen LogP contribution is -2.04. The molecule has 4 nitrogen and oxygen atoms in total. The first-order valence-electron chi connectivity index (χ1n) is 6.07. The van der Waals surface area contributed by atoms with Gasteiger partial charge in [0.05, 0.1) is 29.2 Å². The summed E-state index contributed by atoms with van der Waals surface area (Å²) in [5.41, 5.74) is 9.40. The largest absolute Gasteiger partial charge is 0.369 e. The van der Waals surface area contributed by atoms with Crippen LogP contribution in [0.15, 0.2) is 46.9 Å². The van der Waals surface area contributed by atoms with Gasteiger partial charge in [0, 0.05) is 4.47 Å². The van der Waals surface area contributed by atoms with Crippen molar-refractivity contribution in [3.63, 3.8) is 0 Å². The number of fused-ring (bicyclic) bond motifs is 1. The molecule has 0 aliphatic rings. The molecule has 0 spiro atoms. The van der Waals surface area contributed by atoms with E-state index in [1.807, 2.05) is 41.0 Å². The van der Waals surface area contributed by atoms with E-state index in [0.717, 1.165) is 21.1 Å². The zero-order valence-electron chi connectivity index (χ0n) is 10.5. The Morgan fingerprint density at radius 2 is 1.95 bits per heavy atom. The Morgan fingerprint density at radius 1 is 1.20 bits per heavy atom. The first kappa shape index (κ1) is 12.7. The summed E-state index contributed by atoms with van der Waals surface area (Å²) in [6, 6.07) is 15.6. The zero-order valence-corrected chi connectivity index (χ0v) is 12.1. The number of nitrogens with zero attached hydrogens (tertiary/aromatic N) is 3. The van der Waals surface area contributed by atoms with Gasteiger partial charge in [-0.1, -0.05) is 28.1 Å². The van der Waals surface area contributed by atoms with E-state index in [1.54, 1.807) is 6.07 Å². The molecule has 5 heteroatoms. The molecule has 0 radical (unpaired) electrons. The van der Waals surface area contributed by atoms with Crippen LogP contribution in [0.3, 0.4) is 0 Å². The molecule has 98 valence electrons. The van der Waals surface area contributed by atoms with Crippen LogP contribution in [0.25, 0.3) is 11.0 Å². The van der Waals surface area contributed by atoms with E-state index < -0.39 is 0 Å². The summed E-state index contributed by atoms with van der Waals surface area (Å²) >= 11 is 3.42. The molecule has 0 saturated carbocycles. The van der Waals surface area contributed by atoms with E-state index in [1.165, 1.54) is 0 Å². The topological polar surface area (TPSA) is 67.6 Å². The van der Waals surface area contributed by atoms with Crippen LogP contribution in [-0.2, 0) is 6.54 Å². The number of imidazole rings is 1. The fourth-order valence-electron chi connectivity index (χ4n) is 2.15. The lowest BCUT2D eigenvalue weighted by molar-refractivity contribution is 0.838. The highest BCUT2D eigenvalue weighted by Crippen LogP contribution is 2.21. The molecule has 2 aromatic carbocycles. The minimum absolute atomic E-state index is 0.456. The van der Waals surface area contributed by atoms with Crippen LogP contribution < -0.4 is 5.73 Å². The van der Waals surface area contributed by atoms with Crippen molar-refractivity contribution < 1.29 is 0 Å². The minimum Gasteiger partial charge on any atom is -0.369 e. The number of hydrogen-bond acceptors (Lipinski definition) is 3. The minimum atomic E-state index is 0.456. The zero-order chi connectivity index (χ0) is 14.1. The normalized spacial score (nSPS) is 10.6. The van der Waals surface area contributed by atoms with E-state index in [0.29, 0.717) is 18.1 Å². The highest BCUT2D eigenvalue weighted by Gasteiger charge is 2.09. The second-order valence-corrected chi connectivity index (χ2v) is 5.41. The number of nitrogens with two attached hydrogens (primary N) is 1. The molecule has 3 aromatic rings. The Labute approximate surface area is 124 Å². The first-order chi connectivity index (χ1) is 9.67. The van der Waals surface area contributed by atoms with Gasteiger partial charge in [0.25, 0.3) is 0 Å². The van der Waals surface area contributed by atoms with Gasteiger partial charge in [0.2, 0.25) is 5.95 Å². The van der Waals surface area contributed by atoms with Crippen LogP contribution in [0, 0.1) is 11.3 Å². The third kappa shape index (κ3) is 2.26. The van der Waals surface area contributed by atoms with E-state index in [9.17, 15) is 0 Å². The molecule has 0 saturated heterocycles. The second kappa shape index (κ2) is 4.99. The Balaban J connectivity index is 2.08. The van der Waals surface area contributed by atoms with Gasteiger partial charge in [-0.15, -0.1) is 0 Å². The molecule has 3 rings (SSSR count). The van der Waals surface area contributed by atoms with Crippen molar-refractivity contribution in [2.45, 2.75) is 6.54 Å². The van der Waals surface area contributed by atoms with Gasteiger partial charge in [-0.3, -0.25) is 0 Å². The van der Waals surface area contributed by atoms with Gasteiger partial charge in [-0.05, 0) is 35.9 Å².